The largest absolute Gasteiger partial charge is 0.326 e. The molecule has 1 fully saturated rings. The molecule has 0 aliphatic carbocycles. The van der Waals surface area contributed by atoms with Crippen molar-refractivity contribution in [3.05, 3.63) is 28.3 Å². The van der Waals surface area contributed by atoms with E-state index in [2.05, 4.69) is 0 Å². The smallest absolute Gasteiger partial charge is 0.228 e. The summed E-state index contributed by atoms with van der Waals surface area (Å²) in [5, 5.41) is 0.734. The van der Waals surface area contributed by atoms with Crippen molar-refractivity contribution in [3.63, 3.8) is 0 Å². The van der Waals surface area contributed by atoms with E-state index < -0.39 is 0 Å². The molecular weight excluding hydrogens is 224 g/mol. The summed E-state index contributed by atoms with van der Waals surface area (Å²) in [5.41, 5.74) is 8.71. The average molecular weight is 239 g/mol. The van der Waals surface area contributed by atoms with E-state index >= 15 is 0 Å². The number of carbonyl (C=O) groups excluding carboxylic acids is 1. The second-order valence-electron chi connectivity index (χ2n) is 4.36. The number of halogens is 1. The quantitative estimate of drug-likeness (QED) is 0.814. The molecule has 1 amide bonds. The lowest BCUT2D eigenvalue weighted by Crippen LogP contribution is -2.28. The van der Waals surface area contributed by atoms with Gasteiger partial charge in [-0.25, -0.2) is 0 Å². The van der Waals surface area contributed by atoms with E-state index in [9.17, 15) is 4.79 Å². The average Bonchev–Trinajstić information content (AvgIpc) is 2.51. The molecule has 2 N–H and O–H groups in total. The molecule has 4 heteroatoms. The van der Waals surface area contributed by atoms with Gasteiger partial charge in [0.1, 0.15) is 0 Å². The van der Waals surface area contributed by atoms with E-state index in [1.54, 1.807) is 4.90 Å². The molecule has 1 atom stereocenters. The van der Waals surface area contributed by atoms with Crippen LogP contribution < -0.4 is 10.6 Å². The molecule has 0 bridgehead atoms. The Kier molecular flexibility index (Phi) is 2.91. The van der Waals surface area contributed by atoms with Gasteiger partial charge in [-0.15, -0.1) is 0 Å². The number of benzene rings is 1. The topological polar surface area (TPSA) is 46.3 Å². The number of hydrogen-bond acceptors (Lipinski definition) is 2. The second-order valence-corrected chi connectivity index (χ2v) is 4.76. The van der Waals surface area contributed by atoms with Gasteiger partial charge in [-0.3, -0.25) is 4.79 Å². The molecule has 2 rings (SSSR count). The maximum absolute atomic E-state index is 11.7. The molecule has 1 heterocycles. The molecule has 1 aromatic carbocycles. The van der Waals surface area contributed by atoms with E-state index in [-0.39, 0.29) is 11.9 Å². The van der Waals surface area contributed by atoms with Gasteiger partial charge in [-0.05, 0) is 37.1 Å². The van der Waals surface area contributed by atoms with Crippen LogP contribution in [0.4, 0.5) is 5.69 Å². The fraction of sp³-hybridized carbons (Fsp3) is 0.417. The van der Waals surface area contributed by atoms with Crippen molar-refractivity contribution in [3.8, 4) is 0 Å². The van der Waals surface area contributed by atoms with Crippen LogP contribution in [0.5, 0.6) is 0 Å². The molecule has 1 saturated heterocycles. The zero-order valence-corrected chi connectivity index (χ0v) is 10.2. The lowest BCUT2D eigenvalue weighted by atomic mass is 10.1. The number of hydrogen-bond donors (Lipinski definition) is 1. The predicted octanol–water partition coefficient (Wildman–Crippen LogP) is 2.02. The van der Waals surface area contributed by atoms with E-state index in [1.165, 1.54) is 0 Å². The number of nitrogens with two attached hydrogens (primary N) is 1. The second kappa shape index (κ2) is 4.07. The number of anilines is 1. The predicted molar refractivity (Wildman–Crippen MR) is 65.9 cm³/mol. The van der Waals surface area contributed by atoms with Crippen LogP contribution in [0.2, 0.25) is 5.02 Å². The van der Waals surface area contributed by atoms with E-state index in [0.717, 1.165) is 21.8 Å². The first-order valence-corrected chi connectivity index (χ1v) is 5.69. The van der Waals surface area contributed by atoms with Crippen molar-refractivity contribution >= 4 is 23.2 Å². The number of amides is 1. The van der Waals surface area contributed by atoms with E-state index in [1.807, 2.05) is 26.0 Å². The van der Waals surface area contributed by atoms with Crippen LogP contribution in [-0.2, 0) is 4.79 Å². The highest BCUT2D eigenvalue weighted by Gasteiger charge is 2.29. The van der Waals surface area contributed by atoms with E-state index in [0.29, 0.717) is 13.0 Å². The third-order valence-electron chi connectivity index (χ3n) is 2.92. The highest BCUT2D eigenvalue weighted by Crippen LogP contribution is 2.29. The molecule has 1 unspecified atom stereocenters. The molecule has 1 aromatic rings. The maximum Gasteiger partial charge on any atom is 0.228 e. The molecule has 86 valence electrons. The Hall–Kier alpha value is -1.06. The van der Waals surface area contributed by atoms with Crippen LogP contribution in [0.3, 0.4) is 0 Å². The zero-order valence-electron chi connectivity index (χ0n) is 9.46. The minimum absolute atomic E-state index is 0.0529. The SMILES string of the molecule is Cc1cc(N2CC(N)CC2=O)c(C)cc1Cl. The molecule has 3 nitrogen and oxygen atoms in total. The van der Waals surface area contributed by atoms with Crippen molar-refractivity contribution in [2.24, 2.45) is 5.73 Å². The third kappa shape index (κ3) is 1.93. The summed E-state index contributed by atoms with van der Waals surface area (Å²) in [7, 11) is 0. The van der Waals surface area contributed by atoms with E-state index in [4.69, 9.17) is 17.3 Å². The summed E-state index contributed by atoms with van der Waals surface area (Å²) in [6.45, 7) is 4.49. The summed E-state index contributed by atoms with van der Waals surface area (Å²) in [4.78, 5) is 13.5. The third-order valence-corrected chi connectivity index (χ3v) is 3.33. The van der Waals surface area contributed by atoms with Gasteiger partial charge in [0.05, 0.1) is 0 Å². The van der Waals surface area contributed by atoms with Crippen LogP contribution in [0.25, 0.3) is 0 Å². The normalized spacial score (nSPS) is 20.6. The highest BCUT2D eigenvalue weighted by atomic mass is 35.5. The molecule has 0 radical (unpaired) electrons. The molecule has 0 spiro atoms. The summed E-state index contributed by atoms with van der Waals surface area (Å²) in [6, 6.07) is 3.79. The molecule has 1 aliphatic rings. The molecule has 1 aliphatic heterocycles. The Morgan fingerprint density at radius 2 is 2.06 bits per heavy atom. The summed E-state index contributed by atoms with van der Waals surface area (Å²) < 4.78 is 0. The molecule has 0 saturated carbocycles. The van der Waals surface area contributed by atoms with Crippen LogP contribution in [0, 0.1) is 13.8 Å². The van der Waals surface area contributed by atoms with Gasteiger partial charge in [-0.2, -0.15) is 0 Å². The van der Waals surface area contributed by atoms with Crippen molar-refractivity contribution < 1.29 is 4.79 Å². The van der Waals surface area contributed by atoms with Crippen molar-refractivity contribution in [1.82, 2.24) is 0 Å². The Balaban J connectivity index is 2.41. The lowest BCUT2D eigenvalue weighted by Gasteiger charge is -2.19. The van der Waals surface area contributed by atoms with Gasteiger partial charge < -0.3 is 10.6 Å². The highest BCUT2D eigenvalue weighted by molar-refractivity contribution is 6.31. The fourth-order valence-corrected chi connectivity index (χ4v) is 2.24. The van der Waals surface area contributed by atoms with Gasteiger partial charge in [0.15, 0.2) is 0 Å². The fourth-order valence-electron chi connectivity index (χ4n) is 2.02. The van der Waals surface area contributed by atoms with Gasteiger partial charge >= 0.3 is 0 Å². The lowest BCUT2D eigenvalue weighted by molar-refractivity contribution is -0.117. The van der Waals surface area contributed by atoms with Crippen molar-refractivity contribution in [1.29, 1.82) is 0 Å². The number of aryl methyl sites for hydroxylation is 2. The number of carbonyl (C=O) groups is 1. The van der Waals surface area contributed by atoms with Crippen LogP contribution in [-0.4, -0.2) is 18.5 Å². The molecule has 0 aromatic heterocycles. The monoisotopic (exact) mass is 238 g/mol. The van der Waals surface area contributed by atoms with Crippen LogP contribution in [0.1, 0.15) is 17.5 Å². The first kappa shape index (κ1) is 11.4. The number of rotatable bonds is 1. The zero-order chi connectivity index (χ0) is 11.9. The van der Waals surface area contributed by atoms with Crippen molar-refractivity contribution in [2.45, 2.75) is 26.3 Å². The van der Waals surface area contributed by atoms with Gasteiger partial charge in [-0.1, -0.05) is 11.6 Å². The Labute approximate surface area is 100 Å². The van der Waals surface area contributed by atoms with Crippen molar-refractivity contribution in [2.75, 3.05) is 11.4 Å². The first-order valence-electron chi connectivity index (χ1n) is 5.31. The standard InChI is InChI=1S/C12H15ClN2O/c1-7-4-11(8(2)3-10(7)13)15-6-9(14)5-12(15)16/h3-4,9H,5-6,14H2,1-2H3. The van der Waals surface area contributed by atoms with Crippen LogP contribution >= 0.6 is 11.6 Å². The maximum atomic E-state index is 11.7. The minimum atomic E-state index is -0.0529. The summed E-state index contributed by atoms with van der Waals surface area (Å²) in [6.07, 6.45) is 0.432. The summed E-state index contributed by atoms with van der Waals surface area (Å²) in [5.74, 6) is 0.0947. The summed E-state index contributed by atoms with van der Waals surface area (Å²) >= 11 is 6.03. The van der Waals surface area contributed by atoms with Gasteiger partial charge in [0.25, 0.3) is 0 Å². The Bertz CT molecular complexity index is 445. The van der Waals surface area contributed by atoms with Crippen LogP contribution in [0.15, 0.2) is 12.1 Å². The number of nitrogens with zero attached hydrogens (tertiary/aromatic N) is 1. The molecular formula is C12H15ClN2O. The minimum Gasteiger partial charge on any atom is -0.326 e. The first-order chi connectivity index (χ1) is 7.49. The Morgan fingerprint density at radius 3 is 2.62 bits per heavy atom. The van der Waals surface area contributed by atoms with Gasteiger partial charge in [0.2, 0.25) is 5.91 Å². The molecule has 16 heavy (non-hydrogen) atoms. The van der Waals surface area contributed by atoms with Gasteiger partial charge in [0, 0.05) is 29.7 Å². The Morgan fingerprint density at radius 1 is 1.38 bits per heavy atom.